The van der Waals surface area contributed by atoms with Crippen molar-refractivity contribution in [3.05, 3.63) is 0 Å². The molecule has 0 atom stereocenters. The first-order valence-electron chi connectivity index (χ1n) is 6.31. The zero-order valence-electron chi connectivity index (χ0n) is 12.2. The van der Waals surface area contributed by atoms with E-state index in [0.717, 1.165) is 6.42 Å². The van der Waals surface area contributed by atoms with Gasteiger partial charge in [-0.05, 0) is 34.1 Å². The molecule has 0 aromatic carbocycles. The van der Waals surface area contributed by atoms with Crippen LogP contribution in [0.2, 0.25) is 0 Å². The SMILES string of the molecule is COCCCOCCNC(C)(C)C(C)(C)C(=O)O. The van der Waals surface area contributed by atoms with E-state index in [9.17, 15) is 9.90 Å². The lowest BCUT2D eigenvalue weighted by Gasteiger charge is -2.39. The standard InChI is InChI=1S/C13H27NO4/c1-12(2,11(15)16)13(3,4)14-7-10-18-9-6-8-17-5/h14H,6-10H2,1-5H3,(H,15,16). The first-order valence-corrected chi connectivity index (χ1v) is 6.31. The third-order valence-electron chi connectivity index (χ3n) is 3.55. The number of hydrogen-bond donors (Lipinski definition) is 2. The van der Waals surface area contributed by atoms with Crippen molar-refractivity contribution in [2.75, 3.05) is 33.5 Å². The van der Waals surface area contributed by atoms with E-state index in [2.05, 4.69) is 5.32 Å². The topological polar surface area (TPSA) is 67.8 Å². The summed E-state index contributed by atoms with van der Waals surface area (Å²) in [6.45, 7) is 9.81. The van der Waals surface area contributed by atoms with E-state index in [1.807, 2.05) is 13.8 Å². The van der Waals surface area contributed by atoms with Crippen molar-refractivity contribution in [2.24, 2.45) is 5.41 Å². The Labute approximate surface area is 110 Å². The Balaban J connectivity index is 3.88. The molecule has 0 aromatic heterocycles. The number of carboxylic acid groups (broad SMARTS) is 1. The van der Waals surface area contributed by atoms with Crippen LogP contribution in [0.25, 0.3) is 0 Å². The fourth-order valence-corrected chi connectivity index (χ4v) is 1.33. The molecule has 0 heterocycles. The summed E-state index contributed by atoms with van der Waals surface area (Å²) in [5, 5.41) is 12.4. The molecule has 0 fully saturated rings. The van der Waals surface area contributed by atoms with Gasteiger partial charge in [-0.25, -0.2) is 0 Å². The molecule has 0 aliphatic carbocycles. The van der Waals surface area contributed by atoms with Gasteiger partial charge in [-0.3, -0.25) is 4.79 Å². The second-order valence-electron chi connectivity index (χ2n) is 5.44. The van der Waals surface area contributed by atoms with Crippen molar-refractivity contribution < 1.29 is 19.4 Å². The molecular formula is C13H27NO4. The van der Waals surface area contributed by atoms with Gasteiger partial charge in [-0.1, -0.05) is 0 Å². The maximum atomic E-state index is 11.2. The number of aliphatic carboxylic acids is 1. The first kappa shape index (κ1) is 17.4. The monoisotopic (exact) mass is 261 g/mol. The summed E-state index contributed by atoms with van der Waals surface area (Å²) in [6, 6.07) is 0. The highest BCUT2D eigenvalue weighted by molar-refractivity contribution is 5.75. The molecule has 0 unspecified atom stereocenters. The molecule has 0 bridgehead atoms. The molecule has 0 aliphatic rings. The third kappa shape index (κ3) is 5.33. The van der Waals surface area contributed by atoms with E-state index < -0.39 is 16.9 Å². The molecular weight excluding hydrogens is 234 g/mol. The van der Waals surface area contributed by atoms with E-state index >= 15 is 0 Å². The normalized spacial score (nSPS) is 12.7. The Bertz CT molecular complexity index is 251. The van der Waals surface area contributed by atoms with Crippen LogP contribution in [-0.2, 0) is 14.3 Å². The van der Waals surface area contributed by atoms with E-state index in [0.29, 0.717) is 26.4 Å². The lowest BCUT2D eigenvalue weighted by atomic mass is 9.74. The molecule has 0 aromatic rings. The Morgan fingerprint density at radius 1 is 1.17 bits per heavy atom. The highest BCUT2D eigenvalue weighted by Gasteiger charge is 2.42. The predicted molar refractivity (Wildman–Crippen MR) is 70.8 cm³/mol. The van der Waals surface area contributed by atoms with Crippen LogP contribution in [0.3, 0.4) is 0 Å². The molecule has 5 nitrogen and oxygen atoms in total. The van der Waals surface area contributed by atoms with Crippen LogP contribution in [0.4, 0.5) is 0 Å². The summed E-state index contributed by atoms with van der Waals surface area (Å²) >= 11 is 0. The Morgan fingerprint density at radius 3 is 2.28 bits per heavy atom. The van der Waals surface area contributed by atoms with Crippen LogP contribution >= 0.6 is 0 Å². The molecule has 18 heavy (non-hydrogen) atoms. The fraction of sp³-hybridized carbons (Fsp3) is 0.923. The number of rotatable bonds is 10. The molecule has 0 spiro atoms. The number of nitrogens with one attached hydrogen (secondary N) is 1. The summed E-state index contributed by atoms with van der Waals surface area (Å²) in [5.74, 6) is -0.805. The minimum atomic E-state index is -0.830. The van der Waals surface area contributed by atoms with Crippen molar-refractivity contribution >= 4 is 5.97 Å². The van der Waals surface area contributed by atoms with Gasteiger partial charge in [0.05, 0.1) is 12.0 Å². The predicted octanol–water partition coefficient (Wildman–Crippen LogP) is 1.52. The molecule has 0 rings (SSSR count). The minimum Gasteiger partial charge on any atom is -0.481 e. The molecule has 0 amide bonds. The number of ether oxygens (including phenoxy) is 2. The lowest BCUT2D eigenvalue weighted by Crippen LogP contribution is -2.55. The lowest BCUT2D eigenvalue weighted by molar-refractivity contribution is -0.151. The maximum Gasteiger partial charge on any atom is 0.310 e. The van der Waals surface area contributed by atoms with Gasteiger partial charge in [-0.15, -0.1) is 0 Å². The zero-order valence-corrected chi connectivity index (χ0v) is 12.2. The number of carboxylic acids is 1. The molecule has 0 saturated heterocycles. The molecule has 0 saturated carbocycles. The summed E-state index contributed by atoms with van der Waals surface area (Å²) in [7, 11) is 1.66. The van der Waals surface area contributed by atoms with Gasteiger partial charge in [0.25, 0.3) is 0 Å². The van der Waals surface area contributed by atoms with Crippen molar-refractivity contribution in [3.63, 3.8) is 0 Å². The molecule has 0 radical (unpaired) electrons. The summed E-state index contributed by atoms with van der Waals surface area (Å²) in [5.41, 5.74) is -1.32. The first-order chi connectivity index (χ1) is 8.25. The van der Waals surface area contributed by atoms with Gasteiger partial charge in [0.1, 0.15) is 0 Å². The quantitative estimate of drug-likeness (QED) is 0.584. The largest absolute Gasteiger partial charge is 0.481 e. The van der Waals surface area contributed by atoms with Gasteiger partial charge in [0.2, 0.25) is 0 Å². The maximum absolute atomic E-state index is 11.2. The van der Waals surface area contributed by atoms with Crippen molar-refractivity contribution in [1.82, 2.24) is 5.32 Å². The zero-order chi connectivity index (χ0) is 14.2. The van der Waals surface area contributed by atoms with Gasteiger partial charge < -0.3 is 19.9 Å². The van der Waals surface area contributed by atoms with E-state index in [-0.39, 0.29) is 0 Å². The molecule has 2 N–H and O–H groups in total. The van der Waals surface area contributed by atoms with E-state index in [4.69, 9.17) is 9.47 Å². The van der Waals surface area contributed by atoms with Crippen LogP contribution in [0, 0.1) is 5.41 Å². The highest BCUT2D eigenvalue weighted by Crippen LogP contribution is 2.30. The Hall–Kier alpha value is -0.650. The van der Waals surface area contributed by atoms with Crippen LogP contribution in [0.15, 0.2) is 0 Å². The molecule has 0 aliphatic heterocycles. The number of carbonyl (C=O) groups is 1. The fourth-order valence-electron chi connectivity index (χ4n) is 1.33. The van der Waals surface area contributed by atoms with Gasteiger partial charge in [-0.2, -0.15) is 0 Å². The second kappa shape index (κ2) is 7.71. The Kier molecular flexibility index (Phi) is 7.43. The van der Waals surface area contributed by atoms with Crippen molar-refractivity contribution in [2.45, 2.75) is 39.7 Å². The van der Waals surface area contributed by atoms with Crippen molar-refractivity contribution in [1.29, 1.82) is 0 Å². The van der Waals surface area contributed by atoms with Crippen LogP contribution < -0.4 is 5.32 Å². The Morgan fingerprint density at radius 2 is 1.78 bits per heavy atom. The molecule has 108 valence electrons. The highest BCUT2D eigenvalue weighted by atomic mass is 16.5. The molecule has 5 heteroatoms. The number of methoxy groups -OCH3 is 1. The van der Waals surface area contributed by atoms with Gasteiger partial charge >= 0.3 is 5.97 Å². The summed E-state index contributed by atoms with van der Waals surface area (Å²) in [4.78, 5) is 11.2. The average Bonchev–Trinajstić information content (AvgIpc) is 2.27. The van der Waals surface area contributed by atoms with Gasteiger partial charge in [0, 0.05) is 32.4 Å². The smallest absolute Gasteiger partial charge is 0.310 e. The summed E-state index contributed by atoms with van der Waals surface area (Å²) < 4.78 is 10.3. The van der Waals surface area contributed by atoms with Crippen LogP contribution in [0.1, 0.15) is 34.1 Å². The van der Waals surface area contributed by atoms with E-state index in [1.165, 1.54) is 0 Å². The third-order valence-corrected chi connectivity index (χ3v) is 3.55. The second-order valence-corrected chi connectivity index (χ2v) is 5.44. The minimum absolute atomic E-state index is 0.491. The van der Waals surface area contributed by atoms with Crippen LogP contribution in [-0.4, -0.2) is 50.1 Å². The van der Waals surface area contributed by atoms with E-state index in [1.54, 1.807) is 21.0 Å². The van der Waals surface area contributed by atoms with Crippen molar-refractivity contribution in [3.8, 4) is 0 Å². The van der Waals surface area contributed by atoms with Crippen LogP contribution in [0.5, 0.6) is 0 Å². The summed E-state index contributed by atoms with van der Waals surface area (Å²) in [6.07, 6.45) is 0.876. The van der Waals surface area contributed by atoms with Gasteiger partial charge in [0.15, 0.2) is 0 Å². The average molecular weight is 261 g/mol. The number of hydrogen-bond acceptors (Lipinski definition) is 4.